The lowest BCUT2D eigenvalue weighted by molar-refractivity contribution is 0.548. The van der Waals surface area contributed by atoms with Gasteiger partial charge < -0.3 is 8.98 Å². The summed E-state index contributed by atoms with van der Waals surface area (Å²) in [6.07, 6.45) is 0. The largest absolute Gasteiger partial charge is 0.446 e. The van der Waals surface area contributed by atoms with E-state index in [0.29, 0.717) is 21.0 Å². The third kappa shape index (κ3) is 1.47. The molecule has 0 bridgehead atoms. The Labute approximate surface area is 87.7 Å². The molecule has 68 valence electrons. The van der Waals surface area contributed by atoms with Gasteiger partial charge in [-0.3, -0.25) is 5.10 Å². The van der Waals surface area contributed by atoms with Crippen LogP contribution in [-0.2, 0) is 7.05 Å². The van der Waals surface area contributed by atoms with Crippen molar-refractivity contribution < 1.29 is 4.42 Å². The zero-order chi connectivity index (χ0) is 9.42. The second-order valence-electron chi connectivity index (χ2n) is 2.52. The molecule has 0 atom stereocenters. The summed E-state index contributed by atoms with van der Waals surface area (Å²) in [6.45, 7) is 0. The molecule has 2 heterocycles. The third-order valence-corrected chi connectivity index (χ3v) is 2.46. The van der Waals surface area contributed by atoms with Crippen LogP contribution in [0.4, 0.5) is 0 Å². The standard InChI is InChI=1S/C7H6BrN3OS/c1-11-6(9-10-7(11)13)4-2-3-5(8)12-4/h2-3H,1H3,(H,10,13). The van der Waals surface area contributed by atoms with E-state index < -0.39 is 0 Å². The third-order valence-electron chi connectivity index (χ3n) is 1.67. The Morgan fingerprint density at radius 3 is 2.85 bits per heavy atom. The summed E-state index contributed by atoms with van der Waals surface area (Å²) < 4.78 is 8.33. The van der Waals surface area contributed by atoms with Crippen molar-refractivity contribution in [1.29, 1.82) is 0 Å². The van der Waals surface area contributed by atoms with Gasteiger partial charge in [0.25, 0.3) is 0 Å². The summed E-state index contributed by atoms with van der Waals surface area (Å²) in [5, 5.41) is 6.72. The van der Waals surface area contributed by atoms with Crippen LogP contribution in [-0.4, -0.2) is 14.8 Å². The molecular formula is C7H6BrN3OS. The van der Waals surface area contributed by atoms with Crippen molar-refractivity contribution in [3.63, 3.8) is 0 Å². The van der Waals surface area contributed by atoms with Gasteiger partial charge in [-0.2, -0.15) is 5.10 Å². The van der Waals surface area contributed by atoms with Gasteiger partial charge in [-0.15, -0.1) is 0 Å². The number of nitrogens with zero attached hydrogens (tertiary/aromatic N) is 2. The van der Waals surface area contributed by atoms with E-state index >= 15 is 0 Å². The number of furan rings is 1. The fraction of sp³-hybridized carbons (Fsp3) is 0.143. The van der Waals surface area contributed by atoms with E-state index in [2.05, 4.69) is 26.1 Å². The highest BCUT2D eigenvalue weighted by Gasteiger charge is 2.08. The Balaban J connectivity index is 2.58. The molecule has 0 aliphatic heterocycles. The Hall–Kier alpha value is -0.880. The summed E-state index contributed by atoms with van der Waals surface area (Å²) in [5.74, 6) is 1.37. The fourth-order valence-electron chi connectivity index (χ4n) is 1.00. The molecule has 0 spiro atoms. The van der Waals surface area contributed by atoms with E-state index in [1.54, 1.807) is 4.57 Å². The van der Waals surface area contributed by atoms with Crippen molar-refractivity contribution in [1.82, 2.24) is 14.8 Å². The van der Waals surface area contributed by atoms with E-state index in [-0.39, 0.29) is 0 Å². The summed E-state index contributed by atoms with van der Waals surface area (Å²) in [4.78, 5) is 0. The van der Waals surface area contributed by atoms with Crippen LogP contribution < -0.4 is 0 Å². The normalized spacial score (nSPS) is 10.6. The maximum Gasteiger partial charge on any atom is 0.198 e. The van der Waals surface area contributed by atoms with Crippen LogP contribution in [0, 0.1) is 4.77 Å². The number of hydrogen-bond acceptors (Lipinski definition) is 3. The molecule has 0 radical (unpaired) electrons. The molecule has 0 aromatic carbocycles. The first kappa shape index (κ1) is 8.71. The van der Waals surface area contributed by atoms with E-state index in [1.807, 2.05) is 19.2 Å². The summed E-state index contributed by atoms with van der Waals surface area (Å²) in [5.41, 5.74) is 0. The molecule has 2 aromatic heterocycles. The van der Waals surface area contributed by atoms with Gasteiger partial charge in [0.2, 0.25) is 0 Å². The quantitative estimate of drug-likeness (QED) is 0.801. The molecular weight excluding hydrogens is 254 g/mol. The minimum atomic E-state index is 0.572. The number of rotatable bonds is 1. The van der Waals surface area contributed by atoms with Crippen molar-refractivity contribution in [2.75, 3.05) is 0 Å². The van der Waals surface area contributed by atoms with E-state index in [1.165, 1.54) is 0 Å². The monoisotopic (exact) mass is 259 g/mol. The first-order chi connectivity index (χ1) is 6.18. The van der Waals surface area contributed by atoms with Crippen molar-refractivity contribution in [2.45, 2.75) is 0 Å². The van der Waals surface area contributed by atoms with Crippen LogP contribution >= 0.6 is 28.1 Å². The highest BCUT2D eigenvalue weighted by Crippen LogP contribution is 2.22. The SMILES string of the molecule is Cn1c(-c2ccc(Br)o2)n[nH]c1=S. The molecule has 0 saturated carbocycles. The Morgan fingerprint density at radius 1 is 1.62 bits per heavy atom. The van der Waals surface area contributed by atoms with Gasteiger partial charge in [-0.1, -0.05) is 0 Å². The molecule has 6 heteroatoms. The molecule has 0 saturated heterocycles. The maximum atomic E-state index is 5.33. The van der Waals surface area contributed by atoms with Gasteiger partial charge in [0.05, 0.1) is 0 Å². The minimum absolute atomic E-state index is 0.572. The van der Waals surface area contributed by atoms with Crippen molar-refractivity contribution in [2.24, 2.45) is 7.05 Å². The van der Waals surface area contributed by atoms with Crippen molar-refractivity contribution >= 4 is 28.1 Å². The van der Waals surface area contributed by atoms with Crippen molar-refractivity contribution in [3.05, 3.63) is 21.6 Å². The minimum Gasteiger partial charge on any atom is -0.446 e. The zero-order valence-electron chi connectivity index (χ0n) is 6.74. The van der Waals surface area contributed by atoms with Crippen LogP contribution in [0.5, 0.6) is 0 Å². The second-order valence-corrected chi connectivity index (χ2v) is 3.68. The Morgan fingerprint density at radius 2 is 2.38 bits per heavy atom. The highest BCUT2D eigenvalue weighted by atomic mass is 79.9. The Bertz CT molecular complexity index is 484. The van der Waals surface area contributed by atoms with E-state index in [4.69, 9.17) is 16.6 Å². The van der Waals surface area contributed by atoms with Crippen LogP contribution in [0.2, 0.25) is 0 Å². The molecule has 13 heavy (non-hydrogen) atoms. The predicted octanol–water partition coefficient (Wildman–Crippen LogP) is 2.50. The van der Waals surface area contributed by atoms with Crippen LogP contribution in [0.15, 0.2) is 21.2 Å². The zero-order valence-corrected chi connectivity index (χ0v) is 9.15. The van der Waals surface area contributed by atoms with Gasteiger partial charge in [0, 0.05) is 7.05 Å². The Kier molecular flexibility index (Phi) is 2.09. The average Bonchev–Trinajstić information content (AvgIpc) is 2.62. The number of hydrogen-bond donors (Lipinski definition) is 1. The van der Waals surface area contributed by atoms with Crippen LogP contribution in [0.3, 0.4) is 0 Å². The molecule has 4 nitrogen and oxygen atoms in total. The highest BCUT2D eigenvalue weighted by molar-refractivity contribution is 9.10. The molecule has 0 aliphatic carbocycles. The summed E-state index contributed by atoms with van der Waals surface area (Å²) in [7, 11) is 1.83. The molecule has 0 amide bonds. The molecule has 2 aromatic rings. The fourth-order valence-corrected chi connectivity index (χ4v) is 1.44. The number of aromatic nitrogens is 3. The molecule has 1 N–H and O–H groups in total. The molecule has 0 aliphatic rings. The van der Waals surface area contributed by atoms with Gasteiger partial charge in [-0.05, 0) is 40.3 Å². The van der Waals surface area contributed by atoms with Crippen LogP contribution in [0.25, 0.3) is 11.6 Å². The molecule has 2 rings (SSSR count). The number of H-pyrrole nitrogens is 1. The lowest BCUT2D eigenvalue weighted by Gasteiger charge is -1.93. The smallest absolute Gasteiger partial charge is 0.198 e. The van der Waals surface area contributed by atoms with E-state index in [9.17, 15) is 0 Å². The van der Waals surface area contributed by atoms with Gasteiger partial charge >= 0.3 is 0 Å². The number of aromatic amines is 1. The predicted molar refractivity (Wildman–Crippen MR) is 53.8 cm³/mol. The summed E-state index contributed by atoms with van der Waals surface area (Å²) >= 11 is 8.19. The van der Waals surface area contributed by atoms with Crippen LogP contribution in [0.1, 0.15) is 0 Å². The van der Waals surface area contributed by atoms with Gasteiger partial charge in [-0.25, -0.2) is 0 Å². The first-order valence-electron chi connectivity index (χ1n) is 3.55. The second kappa shape index (κ2) is 3.12. The first-order valence-corrected chi connectivity index (χ1v) is 4.75. The number of halogens is 1. The molecule has 0 fully saturated rings. The van der Waals surface area contributed by atoms with Gasteiger partial charge in [0.15, 0.2) is 21.0 Å². The lowest BCUT2D eigenvalue weighted by Crippen LogP contribution is -1.90. The topological polar surface area (TPSA) is 46.8 Å². The average molecular weight is 260 g/mol. The summed E-state index contributed by atoms with van der Waals surface area (Å²) in [6, 6.07) is 3.64. The lowest BCUT2D eigenvalue weighted by atomic mass is 10.4. The maximum absolute atomic E-state index is 5.33. The number of nitrogens with one attached hydrogen (secondary N) is 1. The molecule has 0 unspecified atom stereocenters. The van der Waals surface area contributed by atoms with Crippen molar-refractivity contribution in [3.8, 4) is 11.6 Å². The van der Waals surface area contributed by atoms with Gasteiger partial charge in [0.1, 0.15) is 0 Å². The van der Waals surface area contributed by atoms with E-state index in [0.717, 1.165) is 0 Å².